The maximum Gasteiger partial charge on any atom is 0.115 e. The molecule has 13 heavy (non-hydrogen) atoms. The molecule has 70 valence electrons. The van der Waals surface area contributed by atoms with Crippen molar-refractivity contribution in [2.45, 2.75) is 12.5 Å². The fourth-order valence-electron chi connectivity index (χ4n) is 1.65. The van der Waals surface area contributed by atoms with Gasteiger partial charge in [-0.2, -0.15) is 0 Å². The third-order valence-electron chi connectivity index (χ3n) is 2.34. The number of aromatic hydroxyl groups is 1. The van der Waals surface area contributed by atoms with Crippen LogP contribution in [0.2, 0.25) is 0 Å². The maximum atomic E-state index is 9.28. The molecule has 1 heterocycles. The van der Waals surface area contributed by atoms with Gasteiger partial charge < -0.3 is 15.6 Å². The van der Waals surface area contributed by atoms with Crippen molar-refractivity contribution < 1.29 is 9.84 Å². The van der Waals surface area contributed by atoms with E-state index in [1.54, 1.807) is 12.1 Å². The molecule has 3 nitrogen and oxygen atoms in total. The summed E-state index contributed by atoms with van der Waals surface area (Å²) in [5.74, 6) is 0.299. The lowest BCUT2D eigenvalue weighted by molar-refractivity contribution is 0.131. The highest BCUT2D eigenvalue weighted by Crippen LogP contribution is 2.24. The fraction of sp³-hybridized carbons (Fsp3) is 0.400. The van der Waals surface area contributed by atoms with Crippen LogP contribution in [0.15, 0.2) is 18.2 Å². The van der Waals surface area contributed by atoms with Crippen LogP contribution in [0.3, 0.4) is 0 Å². The Morgan fingerprint density at radius 2 is 2.31 bits per heavy atom. The summed E-state index contributed by atoms with van der Waals surface area (Å²) in [7, 11) is 0. The molecular weight excluding hydrogens is 166 g/mol. The number of hydrogen-bond donors (Lipinski definition) is 2. The van der Waals surface area contributed by atoms with Crippen LogP contribution in [0, 0.1) is 0 Å². The molecule has 0 radical (unpaired) electrons. The number of benzene rings is 1. The number of hydrogen-bond acceptors (Lipinski definition) is 3. The molecule has 0 aromatic heterocycles. The Kier molecular flexibility index (Phi) is 2.20. The first-order chi connectivity index (χ1) is 6.27. The van der Waals surface area contributed by atoms with Crippen molar-refractivity contribution in [1.29, 1.82) is 0 Å². The minimum atomic E-state index is -0.0573. The summed E-state index contributed by atoms with van der Waals surface area (Å²) < 4.78 is 5.32. The van der Waals surface area contributed by atoms with Crippen molar-refractivity contribution >= 4 is 0 Å². The van der Waals surface area contributed by atoms with Crippen LogP contribution in [-0.2, 0) is 11.2 Å². The second-order valence-corrected chi connectivity index (χ2v) is 3.31. The van der Waals surface area contributed by atoms with Gasteiger partial charge in [0.05, 0.1) is 19.3 Å². The first-order valence-corrected chi connectivity index (χ1v) is 4.42. The Morgan fingerprint density at radius 1 is 1.46 bits per heavy atom. The van der Waals surface area contributed by atoms with E-state index in [0.717, 1.165) is 17.5 Å². The molecule has 2 rings (SSSR count). The first kappa shape index (κ1) is 8.53. The average molecular weight is 179 g/mol. The molecule has 0 saturated carbocycles. The number of rotatable bonds is 0. The average Bonchev–Trinajstić information content (AvgIpc) is 2.28. The second kappa shape index (κ2) is 3.36. The molecule has 0 saturated heterocycles. The van der Waals surface area contributed by atoms with Gasteiger partial charge in [-0.15, -0.1) is 0 Å². The van der Waals surface area contributed by atoms with E-state index in [1.165, 1.54) is 0 Å². The molecule has 1 aromatic rings. The van der Waals surface area contributed by atoms with Crippen molar-refractivity contribution in [2.24, 2.45) is 5.73 Å². The van der Waals surface area contributed by atoms with Crippen molar-refractivity contribution in [3.63, 3.8) is 0 Å². The van der Waals surface area contributed by atoms with E-state index in [0.29, 0.717) is 19.0 Å². The smallest absolute Gasteiger partial charge is 0.115 e. The number of nitrogens with two attached hydrogens (primary N) is 1. The minimum Gasteiger partial charge on any atom is -0.508 e. The highest BCUT2D eigenvalue weighted by molar-refractivity contribution is 5.37. The van der Waals surface area contributed by atoms with Crippen LogP contribution in [0.1, 0.15) is 17.2 Å². The Hall–Kier alpha value is -1.06. The Labute approximate surface area is 77.1 Å². The first-order valence-electron chi connectivity index (χ1n) is 4.42. The highest BCUT2D eigenvalue weighted by Gasteiger charge is 2.15. The second-order valence-electron chi connectivity index (χ2n) is 3.31. The predicted octanol–water partition coefficient (Wildman–Crippen LogP) is 0.965. The van der Waals surface area contributed by atoms with Gasteiger partial charge in [0.1, 0.15) is 5.75 Å². The standard InChI is InChI=1S/C10H13NO2/c11-10-6-13-4-3-7-5-8(12)1-2-9(7)10/h1-2,5,10,12H,3-4,6,11H2. The third-order valence-corrected chi connectivity index (χ3v) is 2.34. The van der Waals surface area contributed by atoms with E-state index >= 15 is 0 Å². The third kappa shape index (κ3) is 1.66. The zero-order chi connectivity index (χ0) is 9.26. The van der Waals surface area contributed by atoms with E-state index in [-0.39, 0.29) is 6.04 Å². The summed E-state index contributed by atoms with van der Waals surface area (Å²) in [5.41, 5.74) is 8.08. The topological polar surface area (TPSA) is 55.5 Å². The lowest BCUT2D eigenvalue weighted by atomic mass is 10.00. The van der Waals surface area contributed by atoms with Crippen LogP contribution in [0.5, 0.6) is 5.75 Å². The van der Waals surface area contributed by atoms with Gasteiger partial charge in [-0.25, -0.2) is 0 Å². The van der Waals surface area contributed by atoms with Crippen molar-refractivity contribution in [1.82, 2.24) is 0 Å². The normalized spacial score (nSPS) is 22.1. The van der Waals surface area contributed by atoms with E-state index in [4.69, 9.17) is 10.5 Å². The molecule has 1 aliphatic heterocycles. The van der Waals surface area contributed by atoms with Crippen LogP contribution in [0.4, 0.5) is 0 Å². The van der Waals surface area contributed by atoms with E-state index in [1.807, 2.05) is 6.07 Å². The lowest BCUT2D eigenvalue weighted by Gasteiger charge is -2.11. The molecule has 3 N–H and O–H groups in total. The lowest BCUT2D eigenvalue weighted by Crippen LogP contribution is -2.15. The van der Waals surface area contributed by atoms with Gasteiger partial charge in [0.15, 0.2) is 0 Å². The number of ether oxygens (including phenoxy) is 1. The fourth-order valence-corrected chi connectivity index (χ4v) is 1.65. The molecule has 0 amide bonds. The molecule has 1 unspecified atom stereocenters. The largest absolute Gasteiger partial charge is 0.508 e. The summed E-state index contributed by atoms with van der Waals surface area (Å²) in [5, 5.41) is 9.28. The molecule has 0 fully saturated rings. The Morgan fingerprint density at radius 3 is 3.15 bits per heavy atom. The van der Waals surface area contributed by atoms with E-state index in [9.17, 15) is 5.11 Å². The van der Waals surface area contributed by atoms with Crippen LogP contribution in [-0.4, -0.2) is 18.3 Å². The van der Waals surface area contributed by atoms with Crippen LogP contribution in [0.25, 0.3) is 0 Å². The van der Waals surface area contributed by atoms with Crippen molar-refractivity contribution in [3.8, 4) is 5.75 Å². The van der Waals surface area contributed by atoms with Crippen molar-refractivity contribution in [3.05, 3.63) is 29.3 Å². The molecule has 0 bridgehead atoms. The van der Waals surface area contributed by atoms with Crippen LogP contribution < -0.4 is 5.73 Å². The van der Waals surface area contributed by atoms with E-state index < -0.39 is 0 Å². The van der Waals surface area contributed by atoms with Crippen molar-refractivity contribution in [2.75, 3.05) is 13.2 Å². The number of fused-ring (bicyclic) bond motifs is 1. The van der Waals surface area contributed by atoms with Gasteiger partial charge in [-0.05, 0) is 29.7 Å². The zero-order valence-corrected chi connectivity index (χ0v) is 7.36. The summed E-state index contributed by atoms with van der Waals surface area (Å²) in [6.07, 6.45) is 0.831. The molecule has 1 aliphatic rings. The molecule has 1 atom stereocenters. The van der Waals surface area contributed by atoms with Gasteiger partial charge in [0.2, 0.25) is 0 Å². The van der Waals surface area contributed by atoms with Gasteiger partial charge in [0, 0.05) is 0 Å². The maximum absolute atomic E-state index is 9.28. The molecule has 0 aliphatic carbocycles. The number of phenolic OH excluding ortho intramolecular Hbond substituents is 1. The predicted molar refractivity (Wildman–Crippen MR) is 49.6 cm³/mol. The Balaban J connectivity index is 2.42. The SMILES string of the molecule is NC1COCCc2cc(O)ccc21. The summed E-state index contributed by atoms with van der Waals surface area (Å²) in [6, 6.07) is 5.26. The van der Waals surface area contributed by atoms with Gasteiger partial charge in [-0.3, -0.25) is 0 Å². The van der Waals surface area contributed by atoms with Gasteiger partial charge in [0.25, 0.3) is 0 Å². The molecule has 3 heteroatoms. The van der Waals surface area contributed by atoms with Gasteiger partial charge >= 0.3 is 0 Å². The zero-order valence-electron chi connectivity index (χ0n) is 7.36. The molecule has 0 spiro atoms. The van der Waals surface area contributed by atoms with E-state index in [2.05, 4.69) is 0 Å². The molecule has 1 aromatic carbocycles. The summed E-state index contributed by atoms with van der Waals surface area (Å²) >= 11 is 0. The monoisotopic (exact) mass is 179 g/mol. The molecular formula is C10H13NO2. The summed E-state index contributed by atoms with van der Waals surface area (Å²) in [6.45, 7) is 1.25. The number of phenols is 1. The van der Waals surface area contributed by atoms with Gasteiger partial charge in [-0.1, -0.05) is 6.07 Å². The highest BCUT2D eigenvalue weighted by atomic mass is 16.5. The van der Waals surface area contributed by atoms with Crippen LogP contribution >= 0.6 is 0 Å². The minimum absolute atomic E-state index is 0.0573. The quantitative estimate of drug-likeness (QED) is 0.623. The summed E-state index contributed by atoms with van der Waals surface area (Å²) in [4.78, 5) is 0. The Bertz CT molecular complexity index is 312.